The van der Waals surface area contributed by atoms with E-state index in [1.807, 2.05) is 18.2 Å². The monoisotopic (exact) mass is 346 g/mol. The predicted octanol–water partition coefficient (Wildman–Crippen LogP) is 5.36. The first-order valence-corrected chi connectivity index (χ1v) is 7.22. The molecular formula is C13H16Br2O. The summed E-state index contributed by atoms with van der Waals surface area (Å²) in [5.74, 6) is 0.232. The van der Waals surface area contributed by atoms with Gasteiger partial charge in [-0.3, -0.25) is 4.79 Å². The molecule has 0 aliphatic carbocycles. The van der Waals surface area contributed by atoms with Gasteiger partial charge in [0.25, 0.3) is 0 Å². The molecule has 16 heavy (non-hydrogen) atoms. The number of halogens is 2. The molecule has 1 rings (SSSR count). The smallest absolute Gasteiger partial charge is 0.164 e. The first kappa shape index (κ1) is 13.9. The van der Waals surface area contributed by atoms with Gasteiger partial charge >= 0.3 is 0 Å². The molecule has 0 aliphatic rings. The highest BCUT2D eigenvalue weighted by Crippen LogP contribution is 2.23. The van der Waals surface area contributed by atoms with Gasteiger partial charge in [0, 0.05) is 20.9 Å². The van der Waals surface area contributed by atoms with Crippen molar-refractivity contribution in [2.75, 3.05) is 0 Å². The molecule has 0 amide bonds. The number of hydrogen-bond donors (Lipinski definition) is 0. The van der Waals surface area contributed by atoms with E-state index in [4.69, 9.17) is 0 Å². The van der Waals surface area contributed by atoms with Gasteiger partial charge < -0.3 is 0 Å². The minimum absolute atomic E-state index is 0.232. The first-order valence-electron chi connectivity index (χ1n) is 5.63. The van der Waals surface area contributed by atoms with Crippen LogP contribution in [-0.4, -0.2) is 5.78 Å². The molecular weight excluding hydrogens is 332 g/mol. The Morgan fingerprint density at radius 3 is 2.56 bits per heavy atom. The molecule has 1 aromatic carbocycles. The van der Waals surface area contributed by atoms with Crippen LogP contribution in [0.1, 0.15) is 49.4 Å². The maximum absolute atomic E-state index is 11.9. The summed E-state index contributed by atoms with van der Waals surface area (Å²) in [5.41, 5.74) is 0.791. The molecule has 0 atom stereocenters. The minimum Gasteiger partial charge on any atom is -0.294 e. The van der Waals surface area contributed by atoms with Crippen molar-refractivity contribution in [3.8, 4) is 0 Å². The summed E-state index contributed by atoms with van der Waals surface area (Å²) in [5, 5.41) is 0. The molecule has 88 valence electrons. The number of unbranched alkanes of at least 4 members (excludes halogenated alkanes) is 3. The summed E-state index contributed by atoms with van der Waals surface area (Å²) in [7, 11) is 0. The van der Waals surface area contributed by atoms with E-state index in [1.165, 1.54) is 12.8 Å². The van der Waals surface area contributed by atoms with Crippen LogP contribution in [0.5, 0.6) is 0 Å². The van der Waals surface area contributed by atoms with Gasteiger partial charge in [0.1, 0.15) is 0 Å². The fourth-order valence-corrected chi connectivity index (χ4v) is 2.83. The molecule has 0 N–H and O–H groups in total. The zero-order valence-corrected chi connectivity index (χ0v) is 12.6. The molecule has 0 heterocycles. The third-order valence-electron chi connectivity index (χ3n) is 2.49. The molecule has 1 nitrogen and oxygen atoms in total. The summed E-state index contributed by atoms with van der Waals surface area (Å²) in [6.07, 6.45) is 5.22. The van der Waals surface area contributed by atoms with E-state index in [0.29, 0.717) is 6.42 Å². The molecule has 0 aromatic heterocycles. The standard InChI is InChI=1S/C13H16Br2O/c1-2-3-4-5-6-13(16)11-8-7-10(14)9-12(11)15/h7-9H,2-6H2,1H3. The lowest BCUT2D eigenvalue weighted by atomic mass is 10.0. The fraction of sp³-hybridized carbons (Fsp3) is 0.462. The second-order valence-electron chi connectivity index (χ2n) is 3.86. The second-order valence-corrected chi connectivity index (χ2v) is 5.63. The summed E-state index contributed by atoms with van der Waals surface area (Å²) in [6, 6.07) is 5.69. The van der Waals surface area contributed by atoms with Crippen molar-refractivity contribution in [2.45, 2.75) is 39.0 Å². The average Bonchev–Trinajstić information content (AvgIpc) is 2.24. The van der Waals surface area contributed by atoms with Crippen molar-refractivity contribution in [3.05, 3.63) is 32.7 Å². The summed E-state index contributed by atoms with van der Waals surface area (Å²) >= 11 is 6.80. The molecule has 1 aromatic rings. The van der Waals surface area contributed by atoms with E-state index in [9.17, 15) is 4.79 Å². The lowest BCUT2D eigenvalue weighted by molar-refractivity contribution is 0.0978. The Bertz CT molecular complexity index is 361. The Morgan fingerprint density at radius 2 is 1.94 bits per heavy atom. The van der Waals surface area contributed by atoms with Crippen LogP contribution in [0.3, 0.4) is 0 Å². The van der Waals surface area contributed by atoms with E-state index in [2.05, 4.69) is 38.8 Å². The third-order valence-corrected chi connectivity index (χ3v) is 3.64. The number of rotatable bonds is 6. The Morgan fingerprint density at radius 1 is 1.19 bits per heavy atom. The maximum atomic E-state index is 11.9. The van der Waals surface area contributed by atoms with Gasteiger partial charge in [-0.1, -0.05) is 58.0 Å². The molecule has 0 aliphatic heterocycles. The van der Waals surface area contributed by atoms with Crippen LogP contribution in [0.2, 0.25) is 0 Å². The van der Waals surface area contributed by atoms with Gasteiger partial charge in [0.2, 0.25) is 0 Å². The van der Waals surface area contributed by atoms with E-state index >= 15 is 0 Å². The van der Waals surface area contributed by atoms with Crippen molar-refractivity contribution in [3.63, 3.8) is 0 Å². The summed E-state index contributed by atoms with van der Waals surface area (Å²) in [6.45, 7) is 2.17. The Kier molecular flexibility index (Phi) is 6.29. The largest absolute Gasteiger partial charge is 0.294 e. The van der Waals surface area contributed by atoms with Gasteiger partial charge in [-0.15, -0.1) is 0 Å². The molecule has 3 heteroatoms. The number of hydrogen-bond acceptors (Lipinski definition) is 1. The lowest BCUT2D eigenvalue weighted by Gasteiger charge is -2.04. The normalized spacial score (nSPS) is 10.4. The number of benzene rings is 1. The van der Waals surface area contributed by atoms with Crippen molar-refractivity contribution >= 4 is 37.6 Å². The van der Waals surface area contributed by atoms with Gasteiger partial charge in [-0.2, -0.15) is 0 Å². The Hall–Kier alpha value is -0.150. The highest BCUT2D eigenvalue weighted by Gasteiger charge is 2.09. The van der Waals surface area contributed by atoms with Gasteiger partial charge in [-0.05, 0) is 24.6 Å². The number of carbonyl (C=O) groups excluding carboxylic acids is 1. The van der Waals surface area contributed by atoms with E-state index in [-0.39, 0.29) is 5.78 Å². The van der Waals surface area contributed by atoms with Crippen LogP contribution >= 0.6 is 31.9 Å². The van der Waals surface area contributed by atoms with Crippen LogP contribution in [0, 0.1) is 0 Å². The maximum Gasteiger partial charge on any atom is 0.164 e. The van der Waals surface area contributed by atoms with Crippen molar-refractivity contribution in [1.82, 2.24) is 0 Å². The molecule has 0 unspecified atom stereocenters. The molecule has 0 fully saturated rings. The molecule has 0 radical (unpaired) electrons. The van der Waals surface area contributed by atoms with Crippen LogP contribution < -0.4 is 0 Å². The van der Waals surface area contributed by atoms with E-state index < -0.39 is 0 Å². The topological polar surface area (TPSA) is 17.1 Å². The number of Topliss-reactive ketones (excluding diaryl/α,β-unsaturated/α-hetero) is 1. The van der Waals surface area contributed by atoms with Crippen LogP contribution in [-0.2, 0) is 0 Å². The summed E-state index contributed by atoms with van der Waals surface area (Å²) in [4.78, 5) is 11.9. The quantitative estimate of drug-likeness (QED) is 0.499. The molecule has 0 bridgehead atoms. The molecule has 0 spiro atoms. The van der Waals surface area contributed by atoms with Crippen molar-refractivity contribution < 1.29 is 4.79 Å². The van der Waals surface area contributed by atoms with Crippen LogP contribution in [0.4, 0.5) is 0 Å². The highest BCUT2D eigenvalue weighted by atomic mass is 79.9. The van der Waals surface area contributed by atoms with Gasteiger partial charge in [-0.25, -0.2) is 0 Å². The SMILES string of the molecule is CCCCCCC(=O)c1ccc(Br)cc1Br. The Balaban J connectivity index is 2.53. The zero-order chi connectivity index (χ0) is 12.0. The number of carbonyl (C=O) groups is 1. The Labute approximate surface area is 114 Å². The minimum atomic E-state index is 0.232. The molecule has 0 saturated heterocycles. The van der Waals surface area contributed by atoms with Crippen molar-refractivity contribution in [2.24, 2.45) is 0 Å². The third kappa shape index (κ3) is 4.38. The summed E-state index contributed by atoms with van der Waals surface area (Å²) < 4.78 is 1.87. The second kappa shape index (κ2) is 7.23. The van der Waals surface area contributed by atoms with Gasteiger partial charge in [0.15, 0.2) is 5.78 Å². The lowest BCUT2D eigenvalue weighted by Crippen LogP contribution is -2.00. The highest BCUT2D eigenvalue weighted by molar-refractivity contribution is 9.11. The van der Waals surface area contributed by atoms with Crippen molar-refractivity contribution in [1.29, 1.82) is 0 Å². The van der Waals surface area contributed by atoms with Gasteiger partial charge in [0.05, 0.1) is 0 Å². The zero-order valence-electron chi connectivity index (χ0n) is 9.43. The first-order chi connectivity index (χ1) is 7.65. The average molecular weight is 348 g/mol. The van der Waals surface area contributed by atoms with E-state index in [0.717, 1.165) is 27.4 Å². The fourth-order valence-electron chi connectivity index (χ4n) is 1.56. The van der Waals surface area contributed by atoms with Crippen LogP contribution in [0.25, 0.3) is 0 Å². The van der Waals surface area contributed by atoms with Crippen LogP contribution in [0.15, 0.2) is 27.1 Å². The molecule has 0 saturated carbocycles. The predicted molar refractivity (Wildman–Crippen MR) is 74.9 cm³/mol. The number of ketones is 1. The van der Waals surface area contributed by atoms with E-state index in [1.54, 1.807) is 0 Å².